The molecule has 0 unspecified atom stereocenters. The highest BCUT2D eigenvalue weighted by atomic mass is 32.2. The smallest absolute Gasteiger partial charge is 0.416 e. The number of halogens is 3. The van der Waals surface area contributed by atoms with E-state index in [9.17, 15) is 18.0 Å². The summed E-state index contributed by atoms with van der Waals surface area (Å²) in [7, 11) is 0. The summed E-state index contributed by atoms with van der Waals surface area (Å²) in [6, 6.07) is 15.1. The summed E-state index contributed by atoms with van der Waals surface area (Å²) in [5.41, 5.74) is 2.87. The molecule has 4 aromatic rings. The quantitative estimate of drug-likeness (QED) is 0.341. The summed E-state index contributed by atoms with van der Waals surface area (Å²) in [6.07, 6.45) is -3.27. The van der Waals surface area contributed by atoms with Crippen molar-refractivity contribution in [3.63, 3.8) is 0 Å². The third kappa shape index (κ3) is 4.54. The van der Waals surface area contributed by atoms with Crippen molar-refractivity contribution in [1.29, 1.82) is 0 Å². The fraction of sp³-hybridized carbons (Fsp3) is 0.0500. The molecule has 0 radical (unpaired) electrons. The third-order valence-electron chi connectivity index (χ3n) is 3.98. The van der Waals surface area contributed by atoms with Gasteiger partial charge >= 0.3 is 6.18 Å². The van der Waals surface area contributed by atoms with Crippen LogP contribution in [0, 0.1) is 0 Å². The standard InChI is InChI=1S/C20H13F3N4O2S/c21-20(22,23)13-5-3-4-12(10-13)18(28)27-24-11-14-8-9-17(29-14)30-19-25-15-6-1-2-7-16(15)26-19/h1-11H,(H,25,26)(H,27,28)/b24-11+. The molecule has 0 aliphatic rings. The summed E-state index contributed by atoms with van der Waals surface area (Å²) in [4.78, 5) is 19.6. The molecular weight excluding hydrogens is 417 g/mol. The minimum absolute atomic E-state index is 0.150. The van der Waals surface area contributed by atoms with Crippen molar-refractivity contribution in [3.05, 3.63) is 77.6 Å². The molecule has 4 rings (SSSR count). The number of aromatic nitrogens is 2. The maximum absolute atomic E-state index is 12.7. The van der Waals surface area contributed by atoms with Gasteiger partial charge in [0.05, 0.1) is 22.8 Å². The second-order valence-corrected chi connectivity index (χ2v) is 7.09. The van der Waals surface area contributed by atoms with Crippen LogP contribution < -0.4 is 5.43 Å². The topological polar surface area (TPSA) is 83.3 Å². The minimum Gasteiger partial charge on any atom is -0.448 e. The van der Waals surface area contributed by atoms with Crippen LogP contribution >= 0.6 is 11.8 Å². The predicted octanol–water partition coefficient (Wildman–Crippen LogP) is 5.09. The molecule has 152 valence electrons. The predicted molar refractivity (Wildman–Crippen MR) is 105 cm³/mol. The molecule has 0 spiro atoms. The molecule has 0 aliphatic carbocycles. The number of alkyl halides is 3. The Morgan fingerprint density at radius 3 is 2.77 bits per heavy atom. The van der Waals surface area contributed by atoms with E-state index in [2.05, 4.69) is 20.5 Å². The molecule has 0 bridgehead atoms. The van der Waals surface area contributed by atoms with Crippen LogP contribution in [-0.2, 0) is 6.18 Å². The Bertz CT molecular complexity index is 1200. The number of aromatic amines is 1. The number of benzene rings is 2. The Balaban J connectivity index is 1.38. The number of nitrogens with zero attached hydrogens (tertiary/aromatic N) is 2. The fourth-order valence-corrected chi connectivity index (χ4v) is 3.36. The van der Waals surface area contributed by atoms with Crippen LogP contribution in [0.2, 0.25) is 0 Å². The number of carbonyl (C=O) groups excluding carboxylic acids is 1. The molecule has 1 amide bonds. The van der Waals surface area contributed by atoms with E-state index in [0.29, 0.717) is 16.0 Å². The molecule has 0 saturated carbocycles. The zero-order valence-corrected chi connectivity index (χ0v) is 15.9. The molecule has 0 atom stereocenters. The fourth-order valence-electron chi connectivity index (χ4n) is 2.59. The molecule has 30 heavy (non-hydrogen) atoms. The maximum Gasteiger partial charge on any atom is 0.416 e. The summed E-state index contributed by atoms with van der Waals surface area (Å²) in [5.74, 6) is -0.404. The van der Waals surface area contributed by atoms with Gasteiger partial charge in [0.2, 0.25) is 0 Å². The van der Waals surface area contributed by atoms with E-state index in [1.54, 1.807) is 12.1 Å². The van der Waals surface area contributed by atoms with Crippen LogP contribution in [0.1, 0.15) is 21.7 Å². The Kier molecular flexibility index (Phi) is 5.32. The van der Waals surface area contributed by atoms with E-state index in [4.69, 9.17) is 4.42 Å². The number of furan rings is 1. The van der Waals surface area contributed by atoms with Crippen LogP contribution in [0.5, 0.6) is 0 Å². The number of imidazole rings is 1. The lowest BCUT2D eigenvalue weighted by Crippen LogP contribution is -2.18. The maximum atomic E-state index is 12.7. The second-order valence-electron chi connectivity index (χ2n) is 6.10. The molecule has 2 N–H and O–H groups in total. The molecule has 2 aromatic carbocycles. The van der Waals surface area contributed by atoms with Crippen LogP contribution in [0.3, 0.4) is 0 Å². The van der Waals surface area contributed by atoms with Gasteiger partial charge in [-0.2, -0.15) is 18.3 Å². The normalized spacial score (nSPS) is 12.0. The van der Waals surface area contributed by atoms with Gasteiger partial charge in [0.1, 0.15) is 5.76 Å². The van der Waals surface area contributed by atoms with Crippen LogP contribution in [0.25, 0.3) is 11.0 Å². The Labute approximate surface area is 172 Å². The average molecular weight is 430 g/mol. The number of carbonyl (C=O) groups is 1. The van der Waals surface area contributed by atoms with Gasteiger partial charge in [-0.15, -0.1) is 0 Å². The number of nitrogens with one attached hydrogen (secondary N) is 2. The van der Waals surface area contributed by atoms with Gasteiger partial charge in [0.25, 0.3) is 5.91 Å². The highest BCUT2D eigenvalue weighted by Gasteiger charge is 2.30. The SMILES string of the molecule is O=C(N/N=C/c1ccc(Sc2nc3ccccc3[nH]2)o1)c1cccc(C(F)(F)F)c1. The molecule has 10 heteroatoms. The first-order valence-corrected chi connectivity index (χ1v) is 9.43. The highest BCUT2D eigenvalue weighted by Crippen LogP contribution is 2.30. The number of para-hydroxylation sites is 2. The lowest BCUT2D eigenvalue weighted by atomic mass is 10.1. The highest BCUT2D eigenvalue weighted by molar-refractivity contribution is 7.99. The van der Waals surface area contributed by atoms with Crippen LogP contribution in [0.4, 0.5) is 13.2 Å². The summed E-state index contributed by atoms with van der Waals surface area (Å²) < 4.78 is 43.8. The van der Waals surface area contributed by atoms with Crippen molar-refractivity contribution in [1.82, 2.24) is 15.4 Å². The van der Waals surface area contributed by atoms with E-state index in [1.807, 2.05) is 24.3 Å². The van der Waals surface area contributed by atoms with Gasteiger partial charge in [-0.05, 0) is 54.2 Å². The minimum atomic E-state index is -4.53. The number of hydrogen-bond acceptors (Lipinski definition) is 5. The number of fused-ring (bicyclic) bond motifs is 1. The Hall–Kier alpha value is -3.53. The van der Waals surface area contributed by atoms with Crippen LogP contribution in [-0.4, -0.2) is 22.1 Å². The van der Waals surface area contributed by atoms with Gasteiger partial charge in [0.15, 0.2) is 10.2 Å². The largest absolute Gasteiger partial charge is 0.448 e. The zero-order valence-electron chi connectivity index (χ0n) is 15.1. The Morgan fingerprint density at radius 1 is 1.13 bits per heavy atom. The van der Waals surface area contributed by atoms with Crippen molar-refractivity contribution in [3.8, 4) is 0 Å². The molecule has 0 aliphatic heterocycles. The molecular formula is C20H13F3N4O2S. The van der Waals surface area contributed by atoms with Gasteiger partial charge < -0.3 is 9.40 Å². The third-order valence-corrected chi connectivity index (χ3v) is 4.78. The zero-order chi connectivity index (χ0) is 21.1. The summed E-state index contributed by atoms with van der Waals surface area (Å²) in [6.45, 7) is 0. The number of amides is 1. The lowest BCUT2D eigenvalue weighted by Gasteiger charge is -2.07. The van der Waals surface area contributed by atoms with Crippen molar-refractivity contribution in [2.45, 2.75) is 16.4 Å². The van der Waals surface area contributed by atoms with E-state index < -0.39 is 17.6 Å². The van der Waals surface area contributed by atoms with Crippen LogP contribution in [0.15, 0.2) is 80.4 Å². The van der Waals surface area contributed by atoms with E-state index >= 15 is 0 Å². The number of rotatable bonds is 5. The van der Waals surface area contributed by atoms with Crippen molar-refractivity contribution in [2.24, 2.45) is 5.10 Å². The Morgan fingerprint density at radius 2 is 1.97 bits per heavy atom. The van der Waals surface area contributed by atoms with Gasteiger partial charge in [-0.3, -0.25) is 4.79 Å². The van der Waals surface area contributed by atoms with E-state index in [0.717, 1.165) is 29.2 Å². The van der Waals surface area contributed by atoms with E-state index in [1.165, 1.54) is 24.0 Å². The van der Waals surface area contributed by atoms with Crippen molar-refractivity contribution in [2.75, 3.05) is 0 Å². The summed E-state index contributed by atoms with van der Waals surface area (Å²) in [5, 5.41) is 4.95. The number of hydrazone groups is 1. The number of H-pyrrole nitrogens is 1. The van der Waals surface area contributed by atoms with Gasteiger partial charge in [0, 0.05) is 5.56 Å². The first kappa shape index (κ1) is 19.8. The molecule has 6 nitrogen and oxygen atoms in total. The average Bonchev–Trinajstić information content (AvgIpc) is 3.33. The molecule has 2 aromatic heterocycles. The van der Waals surface area contributed by atoms with Crippen molar-refractivity contribution < 1.29 is 22.4 Å². The molecule has 0 saturated heterocycles. The van der Waals surface area contributed by atoms with Gasteiger partial charge in [-0.1, -0.05) is 18.2 Å². The first-order valence-electron chi connectivity index (χ1n) is 8.61. The molecule has 2 heterocycles. The monoisotopic (exact) mass is 430 g/mol. The van der Waals surface area contributed by atoms with Crippen molar-refractivity contribution >= 4 is 34.9 Å². The number of hydrogen-bond donors (Lipinski definition) is 2. The summed E-state index contributed by atoms with van der Waals surface area (Å²) >= 11 is 1.29. The second kappa shape index (κ2) is 8.07. The molecule has 0 fully saturated rings. The van der Waals surface area contributed by atoms with E-state index in [-0.39, 0.29) is 5.56 Å². The first-order chi connectivity index (χ1) is 14.4. The lowest BCUT2D eigenvalue weighted by molar-refractivity contribution is -0.137. The van der Waals surface area contributed by atoms with Gasteiger partial charge in [-0.25, -0.2) is 10.4 Å².